The molecule has 0 saturated carbocycles. The molecule has 6 heteroatoms. The van der Waals surface area contributed by atoms with Crippen molar-refractivity contribution in [3.05, 3.63) is 41.7 Å². The van der Waals surface area contributed by atoms with Crippen molar-refractivity contribution < 1.29 is 9.53 Å². The van der Waals surface area contributed by atoms with Crippen LogP contribution in [0.15, 0.2) is 30.5 Å². The molecule has 2 aromatic rings. The summed E-state index contributed by atoms with van der Waals surface area (Å²) >= 11 is 0. The summed E-state index contributed by atoms with van der Waals surface area (Å²) in [6.07, 6.45) is 1.63. The predicted octanol–water partition coefficient (Wildman–Crippen LogP) is 0.930. The maximum Gasteiger partial charge on any atom is 0.255 e. The van der Waals surface area contributed by atoms with Crippen molar-refractivity contribution in [1.82, 2.24) is 15.5 Å². The molecule has 0 bridgehead atoms. The molecule has 0 saturated heterocycles. The van der Waals surface area contributed by atoms with Crippen LogP contribution in [0, 0.1) is 0 Å². The second-order valence-corrected chi connectivity index (χ2v) is 3.72. The summed E-state index contributed by atoms with van der Waals surface area (Å²) in [5, 5.41) is 9.32. The zero-order valence-corrected chi connectivity index (χ0v) is 9.93. The van der Waals surface area contributed by atoms with Gasteiger partial charge in [0.2, 0.25) is 0 Å². The number of amides is 1. The Hall–Kier alpha value is -2.50. The monoisotopic (exact) mass is 246 g/mol. The number of nitrogens with two attached hydrogens (primary N) is 1. The third-order valence-electron chi connectivity index (χ3n) is 2.47. The fourth-order valence-corrected chi connectivity index (χ4v) is 1.56. The Morgan fingerprint density at radius 2 is 2.33 bits per heavy atom. The molecule has 0 atom stereocenters. The zero-order valence-electron chi connectivity index (χ0n) is 9.93. The van der Waals surface area contributed by atoms with E-state index in [9.17, 15) is 4.79 Å². The van der Waals surface area contributed by atoms with Crippen LogP contribution >= 0.6 is 0 Å². The molecular formula is C12H14N4O2. The van der Waals surface area contributed by atoms with Crippen molar-refractivity contribution in [3.63, 3.8) is 0 Å². The summed E-state index contributed by atoms with van der Waals surface area (Å²) in [5.74, 6) is 0.250. The average molecular weight is 246 g/mol. The van der Waals surface area contributed by atoms with Gasteiger partial charge in [-0.3, -0.25) is 9.89 Å². The molecule has 0 aliphatic carbocycles. The van der Waals surface area contributed by atoms with Crippen LogP contribution in [0.25, 0.3) is 0 Å². The molecule has 0 radical (unpaired) electrons. The Bertz CT molecular complexity index is 537. The SMILES string of the molecule is COc1ccc(N)cc1C(=O)NCc1ccn[nH]1. The normalized spacial score (nSPS) is 10.1. The number of ether oxygens (including phenoxy) is 1. The molecule has 94 valence electrons. The second kappa shape index (κ2) is 5.22. The van der Waals surface area contributed by atoms with Crippen molar-refractivity contribution in [2.45, 2.75) is 6.54 Å². The average Bonchev–Trinajstić information content (AvgIpc) is 2.89. The Labute approximate surface area is 104 Å². The van der Waals surface area contributed by atoms with E-state index in [-0.39, 0.29) is 5.91 Å². The van der Waals surface area contributed by atoms with E-state index in [1.165, 1.54) is 7.11 Å². The smallest absolute Gasteiger partial charge is 0.255 e. The van der Waals surface area contributed by atoms with Gasteiger partial charge in [-0.2, -0.15) is 5.10 Å². The van der Waals surface area contributed by atoms with Gasteiger partial charge in [-0.15, -0.1) is 0 Å². The lowest BCUT2D eigenvalue weighted by Crippen LogP contribution is -2.23. The first-order valence-corrected chi connectivity index (χ1v) is 5.40. The Morgan fingerprint density at radius 1 is 1.50 bits per heavy atom. The molecule has 4 N–H and O–H groups in total. The lowest BCUT2D eigenvalue weighted by atomic mass is 10.1. The second-order valence-electron chi connectivity index (χ2n) is 3.72. The van der Waals surface area contributed by atoms with Gasteiger partial charge < -0.3 is 15.8 Å². The van der Waals surface area contributed by atoms with Crippen LogP contribution in [-0.2, 0) is 6.54 Å². The number of aromatic amines is 1. The van der Waals surface area contributed by atoms with E-state index in [0.717, 1.165) is 5.69 Å². The van der Waals surface area contributed by atoms with Crippen molar-refractivity contribution in [1.29, 1.82) is 0 Å². The summed E-state index contributed by atoms with van der Waals surface area (Å²) in [4.78, 5) is 12.0. The van der Waals surface area contributed by atoms with Crippen LogP contribution in [-0.4, -0.2) is 23.2 Å². The van der Waals surface area contributed by atoms with Gasteiger partial charge in [0.15, 0.2) is 0 Å². The van der Waals surface area contributed by atoms with Crippen molar-refractivity contribution in [3.8, 4) is 5.75 Å². The lowest BCUT2D eigenvalue weighted by molar-refractivity contribution is 0.0947. The van der Waals surface area contributed by atoms with Gasteiger partial charge in [0.25, 0.3) is 5.91 Å². The topological polar surface area (TPSA) is 93.0 Å². The van der Waals surface area contributed by atoms with Crippen LogP contribution in [0.2, 0.25) is 0 Å². The molecule has 0 aliphatic rings. The number of hydrogen-bond donors (Lipinski definition) is 3. The minimum atomic E-state index is -0.242. The van der Waals surface area contributed by atoms with E-state index in [0.29, 0.717) is 23.5 Å². The predicted molar refractivity (Wildman–Crippen MR) is 67.2 cm³/mol. The number of carbonyl (C=O) groups excluding carboxylic acids is 1. The third-order valence-corrected chi connectivity index (χ3v) is 2.47. The van der Waals surface area contributed by atoms with Gasteiger partial charge in [0.05, 0.1) is 24.9 Å². The molecule has 0 unspecified atom stereocenters. The van der Waals surface area contributed by atoms with Crippen molar-refractivity contribution in [2.75, 3.05) is 12.8 Å². The van der Waals surface area contributed by atoms with E-state index in [4.69, 9.17) is 10.5 Å². The maximum absolute atomic E-state index is 12.0. The molecule has 0 aliphatic heterocycles. The first kappa shape index (κ1) is 12.0. The van der Waals surface area contributed by atoms with Crippen LogP contribution in [0.3, 0.4) is 0 Å². The molecule has 0 spiro atoms. The largest absolute Gasteiger partial charge is 0.496 e. The maximum atomic E-state index is 12.0. The molecular weight excluding hydrogens is 232 g/mol. The van der Waals surface area contributed by atoms with E-state index in [1.54, 1.807) is 30.5 Å². The van der Waals surface area contributed by atoms with Crippen LogP contribution in [0.4, 0.5) is 5.69 Å². The minimum absolute atomic E-state index is 0.242. The molecule has 2 rings (SSSR count). The van der Waals surface area contributed by atoms with Crippen molar-refractivity contribution in [2.24, 2.45) is 0 Å². The number of aromatic nitrogens is 2. The van der Waals surface area contributed by atoms with Crippen molar-refractivity contribution >= 4 is 11.6 Å². The lowest BCUT2D eigenvalue weighted by Gasteiger charge is -2.09. The quantitative estimate of drug-likeness (QED) is 0.700. The van der Waals surface area contributed by atoms with E-state index < -0.39 is 0 Å². The highest BCUT2D eigenvalue weighted by molar-refractivity contribution is 5.97. The fourth-order valence-electron chi connectivity index (χ4n) is 1.56. The number of methoxy groups -OCH3 is 1. The minimum Gasteiger partial charge on any atom is -0.496 e. The first-order valence-electron chi connectivity index (χ1n) is 5.40. The van der Waals surface area contributed by atoms with Gasteiger partial charge >= 0.3 is 0 Å². The van der Waals surface area contributed by atoms with E-state index >= 15 is 0 Å². The molecule has 1 aromatic carbocycles. The highest BCUT2D eigenvalue weighted by Crippen LogP contribution is 2.20. The molecule has 0 fully saturated rings. The number of hydrogen-bond acceptors (Lipinski definition) is 4. The standard InChI is InChI=1S/C12H14N4O2/c1-18-11-3-2-8(13)6-10(11)12(17)14-7-9-4-5-15-16-9/h2-6H,7,13H2,1H3,(H,14,17)(H,15,16). The van der Waals surface area contributed by atoms with Gasteiger partial charge in [-0.25, -0.2) is 0 Å². The summed E-state index contributed by atoms with van der Waals surface area (Å²) < 4.78 is 5.12. The zero-order chi connectivity index (χ0) is 13.0. The van der Waals surface area contributed by atoms with Crippen LogP contribution in [0.5, 0.6) is 5.75 Å². The molecule has 1 amide bonds. The third kappa shape index (κ3) is 2.60. The number of nitrogens with one attached hydrogen (secondary N) is 2. The summed E-state index contributed by atoms with van der Waals surface area (Å²) in [7, 11) is 1.51. The summed E-state index contributed by atoms with van der Waals surface area (Å²) in [6.45, 7) is 0.372. The highest BCUT2D eigenvalue weighted by Gasteiger charge is 2.12. The van der Waals surface area contributed by atoms with Crippen LogP contribution in [0.1, 0.15) is 16.1 Å². The molecule has 18 heavy (non-hydrogen) atoms. The number of anilines is 1. The number of nitrogen functional groups attached to an aromatic ring is 1. The number of carbonyl (C=O) groups is 1. The number of H-pyrrole nitrogens is 1. The first-order chi connectivity index (χ1) is 8.70. The van der Waals surface area contributed by atoms with Gasteiger partial charge in [0.1, 0.15) is 5.75 Å². The van der Waals surface area contributed by atoms with Crippen LogP contribution < -0.4 is 15.8 Å². The van der Waals surface area contributed by atoms with Gasteiger partial charge in [-0.1, -0.05) is 0 Å². The molecule has 1 aromatic heterocycles. The number of rotatable bonds is 4. The van der Waals surface area contributed by atoms with Gasteiger partial charge in [-0.05, 0) is 24.3 Å². The van der Waals surface area contributed by atoms with E-state index in [2.05, 4.69) is 15.5 Å². The molecule has 6 nitrogen and oxygen atoms in total. The fraction of sp³-hybridized carbons (Fsp3) is 0.167. The summed E-state index contributed by atoms with van der Waals surface area (Å²) in [6, 6.07) is 6.73. The highest BCUT2D eigenvalue weighted by atomic mass is 16.5. The van der Waals surface area contributed by atoms with E-state index in [1.807, 2.05) is 0 Å². The Kier molecular flexibility index (Phi) is 3.47. The summed E-state index contributed by atoms with van der Waals surface area (Å²) in [5.41, 5.74) is 7.41. The molecule has 1 heterocycles. The van der Waals surface area contributed by atoms with Gasteiger partial charge in [0, 0.05) is 11.9 Å². The number of benzene rings is 1. The number of nitrogens with zero attached hydrogens (tertiary/aromatic N) is 1. The Balaban J connectivity index is 2.10. The Morgan fingerprint density at radius 3 is 3.00 bits per heavy atom.